The number of hydrogen-bond donors (Lipinski definition) is 2. The number of anilines is 2. The van der Waals surface area contributed by atoms with Crippen molar-refractivity contribution in [2.24, 2.45) is 0 Å². The molecular weight excluding hydrogens is 1040 g/mol. The quantitative estimate of drug-likeness (QED) is 0.0595. The Morgan fingerprint density at radius 2 is 1.29 bits per heavy atom. The molecule has 72 heavy (non-hydrogen) atoms. The predicted molar refractivity (Wildman–Crippen MR) is 298 cm³/mol. The van der Waals surface area contributed by atoms with Gasteiger partial charge in [-0.2, -0.15) is 0 Å². The fraction of sp³-hybridized carbons (Fsp3) is 0.436. The topological polar surface area (TPSA) is 105 Å². The second-order valence-electron chi connectivity index (χ2n) is 17.2. The summed E-state index contributed by atoms with van der Waals surface area (Å²) < 4.78 is 27.0. The van der Waals surface area contributed by atoms with Crippen LogP contribution in [0.5, 0.6) is 11.5 Å². The number of benzene rings is 5. The lowest BCUT2D eigenvalue weighted by Crippen LogP contribution is -2.53. The molecule has 0 aliphatic carbocycles. The minimum Gasteiger partial charge on any atom is -0.491 e. The van der Waals surface area contributed by atoms with E-state index in [1.165, 1.54) is 23.6 Å². The molecule has 394 valence electrons. The molecule has 5 aromatic carbocycles. The minimum atomic E-state index is -0.873. The van der Waals surface area contributed by atoms with E-state index in [0.717, 1.165) is 85.8 Å². The van der Waals surface area contributed by atoms with Crippen LogP contribution in [0.4, 0.5) is 16.2 Å². The molecule has 0 aromatic heterocycles. The number of nitrogens with one attached hydrogen (secondary N) is 1. The Hall–Kier alpha value is -3.69. The number of aliphatic hydroxyl groups excluding tert-OH is 1. The van der Waals surface area contributed by atoms with Crippen LogP contribution in [0, 0.1) is 0 Å². The van der Waals surface area contributed by atoms with Crippen LogP contribution in [0.25, 0.3) is 0 Å². The van der Waals surface area contributed by atoms with Crippen molar-refractivity contribution in [1.82, 2.24) is 10.2 Å². The number of carbonyl (C=O) groups excluding carboxylic acids is 1. The summed E-state index contributed by atoms with van der Waals surface area (Å²) >= 11 is 35.6. The smallest absolute Gasteiger partial charge is 0.405 e. The summed E-state index contributed by atoms with van der Waals surface area (Å²) in [5.74, 6) is 1.40. The lowest BCUT2D eigenvalue weighted by atomic mass is 9.97. The number of aliphatic hydroxyl groups is 1. The van der Waals surface area contributed by atoms with Crippen molar-refractivity contribution in [2.45, 2.75) is 97.5 Å². The third kappa shape index (κ3) is 18.6. The van der Waals surface area contributed by atoms with E-state index < -0.39 is 11.0 Å². The van der Waals surface area contributed by atoms with Gasteiger partial charge in [-0.05, 0) is 105 Å². The summed E-state index contributed by atoms with van der Waals surface area (Å²) in [6.07, 6.45) is 3.11. The number of nitrogens with zero attached hydrogens (tertiary/aromatic N) is 3. The molecule has 3 saturated heterocycles. The van der Waals surface area contributed by atoms with E-state index >= 15 is 0 Å². The number of carbonyl (C=O) groups is 1. The van der Waals surface area contributed by atoms with E-state index in [-0.39, 0.29) is 58.5 Å². The molecule has 0 bridgehead atoms. The normalized spacial score (nSPS) is 20.2. The average Bonchev–Trinajstić information content (AvgIpc) is 3.34. The van der Waals surface area contributed by atoms with E-state index in [1.807, 2.05) is 48.5 Å². The summed E-state index contributed by atoms with van der Waals surface area (Å²) in [5.41, 5.74) is 4.22. The molecule has 6 atom stereocenters. The number of ether oxygens (including phenoxy) is 5. The zero-order valence-electron chi connectivity index (χ0n) is 39.6. The van der Waals surface area contributed by atoms with Crippen molar-refractivity contribution >= 4 is 86.4 Å². The first-order valence-corrected chi connectivity index (χ1v) is 25.9. The van der Waals surface area contributed by atoms with Gasteiger partial charge >= 0.3 is 5.43 Å². The number of rotatable bonds is 15. The highest BCUT2D eigenvalue weighted by Gasteiger charge is 2.35. The molecular formula is C55H70Cl6N4O7. The first-order chi connectivity index (χ1) is 33.8. The van der Waals surface area contributed by atoms with Gasteiger partial charge in [-0.3, -0.25) is 4.90 Å². The minimum absolute atomic E-state index is 0. The largest absolute Gasteiger partial charge is 0.491 e. The third-order valence-electron chi connectivity index (χ3n) is 11.9. The fourth-order valence-corrected chi connectivity index (χ4v) is 9.90. The Morgan fingerprint density at radius 1 is 0.722 bits per heavy atom. The van der Waals surface area contributed by atoms with Gasteiger partial charge in [-0.1, -0.05) is 127 Å². The summed E-state index contributed by atoms with van der Waals surface area (Å²) in [7, 11) is 0. The maximum atomic E-state index is 9.71. The van der Waals surface area contributed by atoms with Gasteiger partial charge in [0.25, 0.3) is 0 Å². The monoisotopic (exact) mass is 1110 g/mol. The van der Waals surface area contributed by atoms with E-state index in [4.69, 9.17) is 93.7 Å². The number of hydrogen-bond acceptors (Lipinski definition) is 11. The van der Waals surface area contributed by atoms with Crippen LogP contribution in [-0.2, 0) is 20.8 Å². The highest BCUT2D eigenvalue weighted by Crippen LogP contribution is 2.41. The highest BCUT2D eigenvalue weighted by atomic mass is 35.5. The van der Waals surface area contributed by atoms with Crippen molar-refractivity contribution in [1.29, 1.82) is 0 Å². The van der Waals surface area contributed by atoms with E-state index in [1.54, 1.807) is 6.07 Å². The molecule has 17 heteroatoms. The first-order valence-electron chi connectivity index (χ1n) is 23.5. The maximum absolute atomic E-state index is 9.71. The molecule has 3 aliphatic heterocycles. The Bertz CT molecular complexity index is 2350. The van der Waals surface area contributed by atoms with Crippen molar-refractivity contribution in [3.8, 4) is 11.5 Å². The number of alkyl halides is 1. The maximum Gasteiger partial charge on any atom is 0.405 e. The number of piperazine rings is 2. The first kappa shape index (κ1) is 60.9. The standard InChI is InChI=1S/C31H36Cl2N2O3.C19H22Cl2N2O2.C3H4Cl2O2.2CH4/c1-23-20-34(21-24-7-3-2-4-8-24)22-30(25-10-12-26(32)13-11-25)35(23)29-15-14-27(19-28(29)33)36-17-18-38-31-9-5-6-16-37-31;1-13-11-22-12-19(14-2-4-15(20)5-3-14)23(13)18-7-6-16(10-17(18)21)25-9-8-24;1-2(4)7-3(5)6;;/h2-4,7-8,10-15,19,23,30-31H,5-6,9,16-18,20-22H2,1H3;2-7,10,13,19,22,24H,8-9,11-12H2,1H3;2H,1H3;2*1H4/t23-,30-,31?;13-,19-;;;/m00.../s1. The highest BCUT2D eigenvalue weighted by molar-refractivity contribution is 6.61. The Kier molecular flexibility index (Phi) is 26.4. The summed E-state index contributed by atoms with van der Waals surface area (Å²) in [6.45, 7) is 12.4. The van der Waals surface area contributed by atoms with Gasteiger partial charge < -0.3 is 43.9 Å². The zero-order chi connectivity index (χ0) is 50.0. The van der Waals surface area contributed by atoms with Gasteiger partial charge in [0.1, 0.15) is 24.7 Å². The number of halogens is 6. The summed E-state index contributed by atoms with van der Waals surface area (Å²) in [6, 6.07) is 39.3. The molecule has 5 aromatic rings. The molecule has 0 amide bonds. The van der Waals surface area contributed by atoms with Gasteiger partial charge in [0.15, 0.2) is 11.9 Å². The predicted octanol–water partition coefficient (Wildman–Crippen LogP) is 14.5. The van der Waals surface area contributed by atoms with Crippen molar-refractivity contribution in [3.63, 3.8) is 0 Å². The van der Waals surface area contributed by atoms with E-state index in [9.17, 15) is 4.79 Å². The molecule has 3 aliphatic rings. The fourth-order valence-electron chi connectivity index (χ4n) is 8.85. The van der Waals surface area contributed by atoms with Crippen molar-refractivity contribution in [2.75, 3.05) is 69.0 Å². The SMILES string of the molecule is C.C.CC(Cl)OC(=O)Cl.C[C@H]1CN(Cc2ccccc2)C[C@@H](c2ccc(Cl)cc2)N1c1ccc(OCCOC2CCCCO2)cc1Cl.C[C@H]1CNC[C@@H](c2ccc(Cl)cc2)N1c1ccc(OCCO)cc1Cl. The van der Waals surface area contributed by atoms with Gasteiger partial charge in [0.2, 0.25) is 0 Å². The molecule has 2 unspecified atom stereocenters. The molecule has 11 nitrogen and oxygen atoms in total. The van der Waals surface area contributed by atoms with Crippen LogP contribution in [0.3, 0.4) is 0 Å². The van der Waals surface area contributed by atoms with Gasteiger partial charge in [0, 0.05) is 85.2 Å². The Morgan fingerprint density at radius 3 is 1.81 bits per heavy atom. The van der Waals surface area contributed by atoms with Gasteiger partial charge in [-0.15, -0.1) is 0 Å². The van der Waals surface area contributed by atoms with Crippen LogP contribution in [0.1, 0.15) is 83.7 Å². The van der Waals surface area contributed by atoms with Crippen LogP contribution in [-0.4, -0.2) is 98.6 Å². The molecule has 0 radical (unpaired) electrons. The van der Waals surface area contributed by atoms with Gasteiger partial charge in [-0.25, -0.2) is 4.79 Å². The molecule has 0 spiro atoms. The van der Waals surface area contributed by atoms with Gasteiger partial charge in [0.05, 0.1) is 46.7 Å². The van der Waals surface area contributed by atoms with E-state index in [2.05, 4.69) is 99.3 Å². The van der Waals surface area contributed by atoms with Crippen molar-refractivity contribution in [3.05, 3.63) is 152 Å². The molecule has 0 saturated carbocycles. The molecule has 8 rings (SSSR count). The second kappa shape index (κ2) is 31.3. The van der Waals surface area contributed by atoms with Crippen LogP contribution >= 0.6 is 69.6 Å². The van der Waals surface area contributed by atoms with Crippen LogP contribution < -0.4 is 24.6 Å². The second-order valence-corrected chi connectivity index (χ2v) is 19.8. The van der Waals surface area contributed by atoms with Crippen LogP contribution in [0.2, 0.25) is 20.1 Å². The Balaban J connectivity index is 0.000000285. The lowest BCUT2D eigenvalue weighted by molar-refractivity contribution is -0.165. The van der Waals surface area contributed by atoms with E-state index in [0.29, 0.717) is 29.0 Å². The summed E-state index contributed by atoms with van der Waals surface area (Å²) in [4.78, 5) is 17.0. The molecule has 2 N–H and O–H groups in total. The lowest BCUT2D eigenvalue weighted by Gasteiger charge is -2.47. The summed E-state index contributed by atoms with van der Waals surface area (Å²) in [5, 5.41) is 15.2. The molecule has 3 fully saturated rings. The Labute approximate surface area is 457 Å². The third-order valence-corrected chi connectivity index (χ3v) is 13.2. The molecule has 3 heterocycles. The average molecular weight is 1110 g/mol. The zero-order valence-corrected chi connectivity index (χ0v) is 44.2. The van der Waals surface area contributed by atoms with Crippen LogP contribution in [0.15, 0.2) is 115 Å². The van der Waals surface area contributed by atoms with Crippen molar-refractivity contribution < 1.29 is 33.6 Å².